The first-order valence-electron chi connectivity index (χ1n) is 7.31. The molecule has 2 aliphatic heterocycles. The zero-order valence-corrected chi connectivity index (χ0v) is 14.0. The molecule has 2 rings (SSSR count). The Morgan fingerprint density at radius 3 is 1.38 bits per heavy atom. The first-order chi connectivity index (χ1) is 9.43. The van der Waals surface area contributed by atoms with Crippen LogP contribution in [0.25, 0.3) is 0 Å². The molecule has 6 nitrogen and oxygen atoms in total. The highest BCUT2D eigenvalue weighted by atomic mass is 16.7. The molecule has 2 heterocycles. The van der Waals surface area contributed by atoms with E-state index in [0.29, 0.717) is 0 Å². The number of ether oxygens (including phenoxy) is 3. The van der Waals surface area contributed by atoms with Crippen LogP contribution in [0.1, 0.15) is 41.5 Å². The Morgan fingerprint density at radius 1 is 0.952 bits per heavy atom. The van der Waals surface area contributed by atoms with Crippen LogP contribution in [0.3, 0.4) is 0 Å². The lowest BCUT2D eigenvalue weighted by Crippen LogP contribution is -2.52. The van der Waals surface area contributed by atoms with Crippen LogP contribution in [0, 0.1) is 0 Å². The molecule has 0 aromatic rings. The van der Waals surface area contributed by atoms with Crippen molar-refractivity contribution in [2.24, 2.45) is 0 Å². The van der Waals surface area contributed by atoms with E-state index >= 15 is 0 Å². The fraction of sp³-hybridized carbons (Fsp3) is 1.00. The Bertz CT molecular complexity index is 312. The van der Waals surface area contributed by atoms with Crippen molar-refractivity contribution in [1.29, 1.82) is 0 Å². The highest BCUT2D eigenvalue weighted by molar-refractivity contribution is 5.08. The molecule has 0 aromatic heterocycles. The monoisotopic (exact) mass is 306 g/mol. The van der Waals surface area contributed by atoms with Gasteiger partial charge in [-0.2, -0.15) is 0 Å². The molecule has 0 spiro atoms. The molecule has 0 aliphatic carbocycles. The summed E-state index contributed by atoms with van der Waals surface area (Å²) < 4.78 is 17.2. The van der Waals surface area contributed by atoms with Crippen molar-refractivity contribution in [3.8, 4) is 0 Å². The fourth-order valence-electron chi connectivity index (χ4n) is 1.82. The molecule has 21 heavy (non-hydrogen) atoms. The van der Waals surface area contributed by atoms with Gasteiger partial charge in [-0.25, -0.2) is 0 Å². The summed E-state index contributed by atoms with van der Waals surface area (Å²) in [5, 5.41) is 24.0. The van der Waals surface area contributed by atoms with Gasteiger partial charge in [0.2, 0.25) is 0 Å². The molecule has 3 N–H and O–H groups in total. The van der Waals surface area contributed by atoms with Crippen LogP contribution in [-0.2, 0) is 14.2 Å². The first-order valence-corrected chi connectivity index (χ1v) is 7.31. The summed E-state index contributed by atoms with van der Waals surface area (Å²) in [4.78, 5) is 0. The van der Waals surface area contributed by atoms with Crippen molar-refractivity contribution in [3.05, 3.63) is 0 Å². The number of aliphatic hydroxyl groups is 3. The van der Waals surface area contributed by atoms with Crippen molar-refractivity contribution in [3.63, 3.8) is 0 Å². The van der Waals surface area contributed by atoms with E-state index in [4.69, 9.17) is 29.5 Å². The van der Waals surface area contributed by atoms with Crippen LogP contribution in [0.15, 0.2) is 0 Å². The van der Waals surface area contributed by atoms with E-state index < -0.39 is 6.10 Å². The predicted molar refractivity (Wildman–Crippen MR) is 78.1 cm³/mol. The molecule has 0 radical (unpaired) electrons. The average molecular weight is 306 g/mol. The first kappa shape index (κ1) is 18.8. The molecular weight excluding hydrogens is 276 g/mol. The molecule has 0 aromatic carbocycles. The van der Waals surface area contributed by atoms with Gasteiger partial charge >= 0.3 is 0 Å². The Morgan fingerprint density at radius 2 is 1.24 bits per heavy atom. The third-order valence-corrected chi connectivity index (χ3v) is 4.63. The lowest BCUT2D eigenvalue weighted by molar-refractivity contribution is -0.177. The highest BCUT2D eigenvalue weighted by Crippen LogP contribution is 2.47. The Balaban J connectivity index is 0.000000315. The quantitative estimate of drug-likeness (QED) is 0.618. The lowest BCUT2D eigenvalue weighted by atomic mass is 9.88. The van der Waals surface area contributed by atoms with Gasteiger partial charge in [-0.3, -0.25) is 0 Å². The lowest BCUT2D eigenvalue weighted by Gasteiger charge is -2.40. The van der Waals surface area contributed by atoms with E-state index in [0.717, 1.165) is 13.2 Å². The summed E-state index contributed by atoms with van der Waals surface area (Å²) in [7, 11) is 0. The molecule has 2 saturated heterocycles. The van der Waals surface area contributed by atoms with Gasteiger partial charge in [0, 0.05) is 0 Å². The molecule has 2 atom stereocenters. The molecule has 126 valence electrons. The molecule has 2 unspecified atom stereocenters. The maximum atomic E-state index is 8.17. The highest BCUT2D eigenvalue weighted by Gasteiger charge is 2.61. The van der Waals surface area contributed by atoms with E-state index in [2.05, 4.69) is 41.5 Å². The minimum atomic E-state index is -0.954. The summed E-state index contributed by atoms with van der Waals surface area (Å²) in [5.41, 5.74) is -0.804. The summed E-state index contributed by atoms with van der Waals surface area (Å²) in [6.45, 7) is 13.4. The predicted octanol–water partition coefficient (Wildman–Crippen LogP) is 0.470. The van der Waals surface area contributed by atoms with E-state index in [1.54, 1.807) is 0 Å². The molecule has 2 aliphatic rings. The number of hydrogen-bond acceptors (Lipinski definition) is 6. The zero-order chi connectivity index (χ0) is 16.5. The summed E-state index contributed by atoms with van der Waals surface area (Å²) in [6, 6.07) is 0. The van der Waals surface area contributed by atoms with E-state index in [-0.39, 0.29) is 35.6 Å². The van der Waals surface area contributed by atoms with Gasteiger partial charge in [0.25, 0.3) is 0 Å². The maximum Gasteiger partial charge on any atom is 0.117 e. The largest absolute Gasteiger partial charge is 0.394 e. The standard InChI is InChI=1S/C12H22O3.C3H8O3/c1-9(2,11(5)7-13-11)15-10(3,4)12(6)8-14-12;4-1-3(6)2-5/h7-8H2,1-6H3;3-6H,1-2H2. The van der Waals surface area contributed by atoms with Gasteiger partial charge in [-0.1, -0.05) is 0 Å². The fourth-order valence-corrected chi connectivity index (χ4v) is 1.82. The smallest absolute Gasteiger partial charge is 0.117 e. The third kappa shape index (κ3) is 4.37. The van der Waals surface area contributed by atoms with Crippen LogP contribution in [0.4, 0.5) is 0 Å². The van der Waals surface area contributed by atoms with Gasteiger partial charge in [0.15, 0.2) is 0 Å². The Kier molecular flexibility index (Phi) is 5.46. The summed E-state index contributed by atoms with van der Waals surface area (Å²) in [6.07, 6.45) is -0.954. The van der Waals surface area contributed by atoms with Gasteiger partial charge < -0.3 is 29.5 Å². The maximum absolute atomic E-state index is 8.17. The Labute approximate surface area is 127 Å². The van der Waals surface area contributed by atoms with Crippen LogP contribution in [0.5, 0.6) is 0 Å². The molecule has 2 fully saturated rings. The number of aliphatic hydroxyl groups excluding tert-OH is 3. The van der Waals surface area contributed by atoms with Crippen molar-refractivity contribution in [2.75, 3.05) is 26.4 Å². The minimum absolute atomic E-state index is 0.129. The van der Waals surface area contributed by atoms with Crippen molar-refractivity contribution in [1.82, 2.24) is 0 Å². The van der Waals surface area contributed by atoms with Crippen LogP contribution < -0.4 is 0 Å². The van der Waals surface area contributed by atoms with Crippen LogP contribution >= 0.6 is 0 Å². The van der Waals surface area contributed by atoms with Crippen molar-refractivity contribution < 1.29 is 29.5 Å². The SMILES string of the molecule is CC(C)(OC(C)(C)C1(C)CO1)C1(C)CO1.OCC(O)CO. The van der Waals surface area contributed by atoms with Crippen molar-refractivity contribution >= 4 is 0 Å². The second kappa shape index (κ2) is 6.10. The van der Waals surface area contributed by atoms with Crippen LogP contribution in [-0.4, -0.2) is 70.3 Å². The van der Waals surface area contributed by atoms with Gasteiger partial charge in [0.1, 0.15) is 17.3 Å². The van der Waals surface area contributed by atoms with Crippen molar-refractivity contribution in [2.45, 2.75) is 70.1 Å². The number of rotatable bonds is 6. The van der Waals surface area contributed by atoms with E-state index in [9.17, 15) is 0 Å². The number of hydrogen-bond donors (Lipinski definition) is 3. The van der Waals surface area contributed by atoms with E-state index in [1.165, 1.54) is 0 Å². The normalized spacial score (nSPS) is 31.7. The summed E-state index contributed by atoms with van der Waals surface area (Å²) in [5.74, 6) is 0. The molecular formula is C15H30O6. The second-order valence-electron chi connectivity index (χ2n) is 7.18. The second-order valence-corrected chi connectivity index (χ2v) is 7.18. The van der Waals surface area contributed by atoms with Gasteiger partial charge in [-0.15, -0.1) is 0 Å². The van der Waals surface area contributed by atoms with Gasteiger partial charge in [-0.05, 0) is 41.5 Å². The molecule has 6 heteroatoms. The number of epoxide rings is 2. The molecule has 0 saturated carbocycles. The Hall–Kier alpha value is -0.240. The molecule has 0 amide bonds. The third-order valence-electron chi connectivity index (χ3n) is 4.63. The van der Waals surface area contributed by atoms with E-state index in [1.807, 2.05) is 0 Å². The van der Waals surface area contributed by atoms with Crippen LogP contribution in [0.2, 0.25) is 0 Å². The molecule has 0 bridgehead atoms. The minimum Gasteiger partial charge on any atom is -0.394 e. The average Bonchev–Trinajstić information content (AvgIpc) is 3.28. The topological polar surface area (TPSA) is 95.0 Å². The van der Waals surface area contributed by atoms with Gasteiger partial charge in [0.05, 0.1) is 37.6 Å². The zero-order valence-electron chi connectivity index (χ0n) is 14.0. The summed E-state index contributed by atoms with van der Waals surface area (Å²) >= 11 is 0.